The lowest BCUT2D eigenvalue weighted by molar-refractivity contribution is -0.119. The predicted molar refractivity (Wildman–Crippen MR) is 106 cm³/mol. The molecule has 27 heavy (non-hydrogen) atoms. The van der Waals surface area contributed by atoms with Crippen molar-refractivity contribution in [3.8, 4) is 11.4 Å². The van der Waals surface area contributed by atoms with Crippen molar-refractivity contribution in [2.75, 3.05) is 5.32 Å². The summed E-state index contributed by atoms with van der Waals surface area (Å²) in [5.74, 6) is 0.134. The topological polar surface area (TPSA) is 99.8 Å². The number of para-hydroxylation sites is 1. The van der Waals surface area contributed by atoms with Crippen molar-refractivity contribution in [2.45, 2.75) is 17.3 Å². The standard InChI is InChI=1S/C18H16ClN5O2S/c1-11(16(25)22-17(26)20-14-5-3-2-4-6-14)27-18-21-15(23-24-18)12-7-9-13(19)10-8-12/h2-11H,1H3,(H,21,23,24)(H2,20,22,25,26). The zero-order valence-electron chi connectivity index (χ0n) is 14.3. The van der Waals surface area contributed by atoms with Gasteiger partial charge in [0.05, 0.1) is 5.25 Å². The summed E-state index contributed by atoms with van der Waals surface area (Å²) in [6.45, 7) is 1.67. The number of aromatic amines is 1. The lowest BCUT2D eigenvalue weighted by Gasteiger charge is -2.10. The summed E-state index contributed by atoms with van der Waals surface area (Å²) in [5.41, 5.74) is 1.43. The first kappa shape index (κ1) is 18.9. The lowest BCUT2D eigenvalue weighted by atomic mass is 10.2. The zero-order chi connectivity index (χ0) is 19.2. The number of hydrogen-bond donors (Lipinski definition) is 3. The van der Waals surface area contributed by atoms with Gasteiger partial charge in [-0.25, -0.2) is 9.78 Å². The molecule has 1 atom stereocenters. The summed E-state index contributed by atoms with van der Waals surface area (Å²) in [6.07, 6.45) is 0. The van der Waals surface area contributed by atoms with Crippen LogP contribution in [0.2, 0.25) is 5.02 Å². The van der Waals surface area contributed by atoms with Gasteiger partial charge in [-0.3, -0.25) is 15.2 Å². The number of rotatable bonds is 5. The van der Waals surface area contributed by atoms with Crippen molar-refractivity contribution < 1.29 is 9.59 Å². The Morgan fingerprint density at radius 2 is 1.81 bits per heavy atom. The van der Waals surface area contributed by atoms with Gasteiger partial charge < -0.3 is 5.32 Å². The number of halogens is 1. The second kappa shape index (κ2) is 8.70. The van der Waals surface area contributed by atoms with E-state index < -0.39 is 17.2 Å². The molecule has 2 aromatic carbocycles. The molecule has 3 N–H and O–H groups in total. The molecule has 0 saturated carbocycles. The molecule has 3 aromatic rings. The maximum absolute atomic E-state index is 12.2. The van der Waals surface area contributed by atoms with Gasteiger partial charge in [-0.1, -0.05) is 41.6 Å². The van der Waals surface area contributed by atoms with E-state index in [1.165, 1.54) is 0 Å². The summed E-state index contributed by atoms with van der Waals surface area (Å²) in [7, 11) is 0. The fourth-order valence-electron chi connectivity index (χ4n) is 2.14. The first-order chi connectivity index (χ1) is 13.0. The lowest BCUT2D eigenvalue weighted by Crippen LogP contribution is -2.38. The molecule has 1 heterocycles. The van der Waals surface area contributed by atoms with Gasteiger partial charge in [-0.15, -0.1) is 5.10 Å². The highest BCUT2D eigenvalue weighted by molar-refractivity contribution is 8.00. The molecule has 0 spiro atoms. The van der Waals surface area contributed by atoms with Crippen molar-refractivity contribution in [3.63, 3.8) is 0 Å². The quantitative estimate of drug-likeness (QED) is 0.562. The summed E-state index contributed by atoms with van der Waals surface area (Å²) >= 11 is 7.02. The average molecular weight is 402 g/mol. The van der Waals surface area contributed by atoms with Gasteiger partial charge in [-0.05, 0) is 43.3 Å². The Bertz CT molecular complexity index is 930. The van der Waals surface area contributed by atoms with Crippen molar-refractivity contribution in [1.82, 2.24) is 20.5 Å². The van der Waals surface area contributed by atoms with E-state index in [4.69, 9.17) is 11.6 Å². The first-order valence-electron chi connectivity index (χ1n) is 8.03. The third-order valence-corrected chi connectivity index (χ3v) is 4.72. The highest BCUT2D eigenvalue weighted by Gasteiger charge is 2.19. The molecule has 0 saturated heterocycles. The molecule has 0 bridgehead atoms. The predicted octanol–water partition coefficient (Wildman–Crippen LogP) is 3.95. The summed E-state index contributed by atoms with van der Waals surface area (Å²) in [5, 5.41) is 12.3. The number of urea groups is 1. The van der Waals surface area contributed by atoms with Crippen LogP contribution in [0.25, 0.3) is 11.4 Å². The van der Waals surface area contributed by atoms with Gasteiger partial charge in [0.1, 0.15) is 0 Å². The number of H-pyrrole nitrogens is 1. The maximum Gasteiger partial charge on any atom is 0.325 e. The van der Waals surface area contributed by atoms with Crippen molar-refractivity contribution in [2.24, 2.45) is 0 Å². The minimum absolute atomic E-state index is 0.408. The monoisotopic (exact) mass is 401 g/mol. The highest BCUT2D eigenvalue weighted by atomic mass is 35.5. The number of imide groups is 1. The molecule has 7 nitrogen and oxygen atoms in total. The second-order valence-electron chi connectivity index (χ2n) is 5.54. The molecule has 0 aliphatic heterocycles. The number of aromatic nitrogens is 3. The zero-order valence-corrected chi connectivity index (χ0v) is 15.8. The Balaban J connectivity index is 1.55. The van der Waals surface area contributed by atoms with E-state index in [2.05, 4.69) is 25.8 Å². The molecule has 0 aliphatic rings. The maximum atomic E-state index is 12.2. The van der Waals surface area contributed by atoms with Gasteiger partial charge in [0.2, 0.25) is 11.1 Å². The van der Waals surface area contributed by atoms with E-state index >= 15 is 0 Å². The Hall–Kier alpha value is -2.84. The normalized spacial score (nSPS) is 11.6. The number of benzene rings is 2. The van der Waals surface area contributed by atoms with Gasteiger partial charge in [0, 0.05) is 16.3 Å². The molecule has 9 heteroatoms. The van der Waals surface area contributed by atoms with E-state index in [9.17, 15) is 9.59 Å². The summed E-state index contributed by atoms with van der Waals surface area (Å²) in [4.78, 5) is 28.4. The second-order valence-corrected chi connectivity index (χ2v) is 7.29. The molecular weight excluding hydrogens is 386 g/mol. The highest BCUT2D eigenvalue weighted by Crippen LogP contribution is 2.23. The van der Waals surface area contributed by atoms with Crippen LogP contribution < -0.4 is 10.6 Å². The number of carbonyl (C=O) groups excluding carboxylic acids is 2. The third-order valence-electron chi connectivity index (χ3n) is 3.50. The fourth-order valence-corrected chi connectivity index (χ4v) is 3.00. The number of anilines is 1. The van der Waals surface area contributed by atoms with Crippen molar-refractivity contribution >= 4 is 41.0 Å². The Morgan fingerprint density at radius 3 is 2.52 bits per heavy atom. The largest absolute Gasteiger partial charge is 0.325 e. The van der Waals surface area contributed by atoms with Gasteiger partial charge in [0.25, 0.3) is 0 Å². The average Bonchev–Trinajstić information content (AvgIpc) is 3.11. The number of thioether (sulfide) groups is 1. The van der Waals surface area contributed by atoms with E-state index in [1.54, 1.807) is 43.3 Å². The molecule has 3 amide bonds. The van der Waals surface area contributed by atoms with Crippen LogP contribution in [0.15, 0.2) is 59.8 Å². The van der Waals surface area contributed by atoms with E-state index in [1.807, 2.05) is 18.2 Å². The Morgan fingerprint density at radius 1 is 1.11 bits per heavy atom. The van der Waals surface area contributed by atoms with Crippen LogP contribution >= 0.6 is 23.4 Å². The van der Waals surface area contributed by atoms with Crippen molar-refractivity contribution in [3.05, 3.63) is 59.6 Å². The van der Waals surface area contributed by atoms with Crippen LogP contribution in [-0.2, 0) is 4.79 Å². The van der Waals surface area contributed by atoms with E-state index in [0.717, 1.165) is 17.3 Å². The molecule has 0 fully saturated rings. The van der Waals surface area contributed by atoms with Crippen molar-refractivity contribution in [1.29, 1.82) is 0 Å². The Kier molecular flexibility index (Phi) is 6.10. The van der Waals surface area contributed by atoms with E-state index in [-0.39, 0.29) is 0 Å². The van der Waals surface area contributed by atoms with Crippen LogP contribution in [0.1, 0.15) is 6.92 Å². The summed E-state index contributed by atoms with van der Waals surface area (Å²) in [6, 6.07) is 15.4. The van der Waals surface area contributed by atoms with Crippen LogP contribution in [0.4, 0.5) is 10.5 Å². The SMILES string of the molecule is CC(Sc1n[nH]c(-c2ccc(Cl)cc2)n1)C(=O)NC(=O)Nc1ccccc1. The van der Waals surface area contributed by atoms with Crippen LogP contribution in [0, 0.1) is 0 Å². The molecular formula is C18H16ClN5O2S. The smallest absolute Gasteiger partial charge is 0.308 e. The minimum atomic E-state index is -0.588. The molecule has 138 valence electrons. The van der Waals surface area contributed by atoms with Crippen LogP contribution in [0.3, 0.4) is 0 Å². The number of hydrogen-bond acceptors (Lipinski definition) is 5. The van der Waals surface area contributed by atoms with Gasteiger partial charge >= 0.3 is 6.03 Å². The number of nitrogens with one attached hydrogen (secondary N) is 3. The minimum Gasteiger partial charge on any atom is -0.308 e. The molecule has 1 aromatic heterocycles. The first-order valence-corrected chi connectivity index (χ1v) is 9.29. The number of carbonyl (C=O) groups is 2. The molecule has 3 rings (SSSR count). The molecule has 0 aliphatic carbocycles. The van der Waals surface area contributed by atoms with Gasteiger partial charge in [0.15, 0.2) is 5.82 Å². The van der Waals surface area contributed by atoms with Crippen LogP contribution in [-0.4, -0.2) is 32.4 Å². The van der Waals surface area contributed by atoms with Crippen LogP contribution in [0.5, 0.6) is 0 Å². The third kappa shape index (κ3) is 5.32. The molecule has 0 radical (unpaired) electrons. The summed E-state index contributed by atoms with van der Waals surface area (Å²) < 4.78 is 0. The number of amides is 3. The fraction of sp³-hybridized carbons (Fsp3) is 0.111. The Labute approximate surface area is 164 Å². The number of nitrogens with zero attached hydrogens (tertiary/aromatic N) is 2. The molecule has 1 unspecified atom stereocenters. The van der Waals surface area contributed by atoms with E-state index in [0.29, 0.717) is 21.7 Å². The van der Waals surface area contributed by atoms with Gasteiger partial charge in [-0.2, -0.15) is 0 Å².